The van der Waals surface area contributed by atoms with E-state index >= 15 is 0 Å². The molecule has 0 unspecified atom stereocenters. The second-order valence-electron chi connectivity index (χ2n) is 4.14. The fourth-order valence-electron chi connectivity index (χ4n) is 1.79. The van der Waals surface area contributed by atoms with Crippen molar-refractivity contribution in [3.05, 3.63) is 52.4 Å². The Kier molecular flexibility index (Phi) is 4.73. The van der Waals surface area contributed by atoms with Crippen molar-refractivity contribution in [2.75, 3.05) is 20.3 Å². The minimum absolute atomic E-state index is 0.231. The molecule has 0 bridgehead atoms. The number of methoxy groups -OCH3 is 1. The number of hydrogen-bond donors (Lipinski definition) is 1. The summed E-state index contributed by atoms with van der Waals surface area (Å²) in [5.74, 6) is 1.15. The molecule has 2 rings (SSSR count). The van der Waals surface area contributed by atoms with Gasteiger partial charge in [0.05, 0.1) is 19.9 Å². The second kappa shape index (κ2) is 6.72. The van der Waals surface area contributed by atoms with Gasteiger partial charge in [-0.15, -0.1) is 0 Å². The Labute approximate surface area is 116 Å². The van der Waals surface area contributed by atoms with Crippen LogP contribution in [0.2, 0.25) is 0 Å². The topological polar surface area (TPSA) is 79.4 Å². The predicted molar refractivity (Wildman–Crippen MR) is 75.1 cm³/mol. The Balaban J connectivity index is 2.19. The SMILES string of the molecule is COc1ccccc1Cn1ncc(OCCN)cc1=O. The van der Waals surface area contributed by atoms with Crippen LogP contribution in [-0.2, 0) is 6.54 Å². The molecule has 0 fully saturated rings. The summed E-state index contributed by atoms with van der Waals surface area (Å²) in [6, 6.07) is 8.91. The van der Waals surface area contributed by atoms with Gasteiger partial charge in [-0.2, -0.15) is 5.10 Å². The van der Waals surface area contributed by atoms with E-state index in [9.17, 15) is 4.79 Å². The van der Waals surface area contributed by atoms with E-state index in [0.29, 0.717) is 25.4 Å². The first-order valence-corrected chi connectivity index (χ1v) is 6.26. The summed E-state index contributed by atoms with van der Waals surface area (Å²) in [5.41, 5.74) is 5.99. The van der Waals surface area contributed by atoms with Crippen molar-refractivity contribution in [2.24, 2.45) is 5.73 Å². The summed E-state index contributed by atoms with van der Waals surface area (Å²) in [6.07, 6.45) is 1.51. The summed E-state index contributed by atoms with van der Waals surface area (Å²) < 4.78 is 11.9. The summed E-state index contributed by atoms with van der Waals surface area (Å²) in [5, 5.41) is 4.08. The molecule has 0 aliphatic heterocycles. The van der Waals surface area contributed by atoms with E-state index in [2.05, 4.69) is 5.10 Å². The van der Waals surface area contributed by atoms with Crippen LogP contribution in [0.25, 0.3) is 0 Å². The van der Waals surface area contributed by atoms with Crippen LogP contribution in [0.1, 0.15) is 5.56 Å². The van der Waals surface area contributed by atoms with Crippen LogP contribution in [0.15, 0.2) is 41.3 Å². The molecule has 1 heterocycles. The van der Waals surface area contributed by atoms with E-state index in [1.807, 2.05) is 24.3 Å². The summed E-state index contributed by atoms with van der Waals surface area (Å²) in [7, 11) is 1.60. The van der Waals surface area contributed by atoms with E-state index < -0.39 is 0 Å². The third kappa shape index (κ3) is 3.36. The van der Waals surface area contributed by atoms with Crippen LogP contribution < -0.4 is 20.8 Å². The van der Waals surface area contributed by atoms with Gasteiger partial charge in [0.1, 0.15) is 18.1 Å². The predicted octanol–water partition coefficient (Wildman–Crippen LogP) is 0.638. The largest absolute Gasteiger partial charge is 0.496 e. The van der Waals surface area contributed by atoms with Crippen LogP contribution in [0.3, 0.4) is 0 Å². The fraction of sp³-hybridized carbons (Fsp3) is 0.286. The van der Waals surface area contributed by atoms with Crippen molar-refractivity contribution in [1.29, 1.82) is 0 Å². The number of ether oxygens (including phenoxy) is 2. The van der Waals surface area contributed by atoms with E-state index in [1.165, 1.54) is 16.9 Å². The monoisotopic (exact) mass is 275 g/mol. The maximum atomic E-state index is 12.0. The molecular formula is C14H17N3O3. The highest BCUT2D eigenvalue weighted by Gasteiger charge is 2.06. The number of nitrogens with two attached hydrogens (primary N) is 1. The highest BCUT2D eigenvalue weighted by atomic mass is 16.5. The van der Waals surface area contributed by atoms with Crippen LogP contribution in [-0.4, -0.2) is 30.0 Å². The zero-order valence-corrected chi connectivity index (χ0v) is 11.3. The molecule has 6 nitrogen and oxygen atoms in total. The van der Waals surface area contributed by atoms with Crippen molar-refractivity contribution in [2.45, 2.75) is 6.54 Å². The summed E-state index contributed by atoms with van der Waals surface area (Å²) in [6.45, 7) is 1.10. The lowest BCUT2D eigenvalue weighted by Crippen LogP contribution is -2.23. The Hall–Kier alpha value is -2.34. The zero-order valence-electron chi connectivity index (χ0n) is 11.3. The first-order chi connectivity index (χ1) is 9.74. The molecule has 6 heteroatoms. The lowest BCUT2D eigenvalue weighted by atomic mass is 10.2. The van der Waals surface area contributed by atoms with Gasteiger partial charge in [0.25, 0.3) is 5.56 Å². The number of hydrogen-bond acceptors (Lipinski definition) is 5. The van der Waals surface area contributed by atoms with Crippen molar-refractivity contribution < 1.29 is 9.47 Å². The number of benzene rings is 1. The number of para-hydroxylation sites is 1. The summed E-state index contributed by atoms with van der Waals surface area (Å²) >= 11 is 0. The van der Waals surface area contributed by atoms with Gasteiger partial charge in [-0.3, -0.25) is 4.79 Å². The molecule has 1 aromatic heterocycles. The van der Waals surface area contributed by atoms with E-state index in [4.69, 9.17) is 15.2 Å². The highest BCUT2D eigenvalue weighted by molar-refractivity contribution is 5.33. The van der Waals surface area contributed by atoms with Gasteiger partial charge in [-0.25, -0.2) is 4.68 Å². The molecule has 0 spiro atoms. The Morgan fingerprint density at radius 2 is 2.15 bits per heavy atom. The fourth-order valence-corrected chi connectivity index (χ4v) is 1.79. The van der Waals surface area contributed by atoms with Gasteiger partial charge in [-0.1, -0.05) is 18.2 Å². The Bertz CT molecular complexity index is 625. The number of nitrogens with zero attached hydrogens (tertiary/aromatic N) is 2. The minimum atomic E-state index is -0.231. The van der Waals surface area contributed by atoms with Crippen molar-refractivity contribution in [3.63, 3.8) is 0 Å². The van der Waals surface area contributed by atoms with Crippen LogP contribution in [0.4, 0.5) is 0 Å². The minimum Gasteiger partial charge on any atom is -0.496 e. The number of rotatable bonds is 6. The molecule has 0 radical (unpaired) electrons. The normalized spacial score (nSPS) is 10.3. The van der Waals surface area contributed by atoms with E-state index in [1.54, 1.807) is 7.11 Å². The molecule has 0 saturated heterocycles. The molecule has 2 N–H and O–H groups in total. The Morgan fingerprint density at radius 3 is 2.85 bits per heavy atom. The third-order valence-corrected chi connectivity index (χ3v) is 2.74. The first kappa shape index (κ1) is 14.1. The molecule has 2 aromatic rings. The molecule has 0 atom stereocenters. The maximum Gasteiger partial charge on any atom is 0.270 e. The highest BCUT2D eigenvalue weighted by Crippen LogP contribution is 2.17. The van der Waals surface area contributed by atoms with Crippen molar-refractivity contribution in [1.82, 2.24) is 9.78 Å². The lowest BCUT2D eigenvalue weighted by Gasteiger charge is -2.10. The molecule has 1 aromatic carbocycles. The van der Waals surface area contributed by atoms with Crippen LogP contribution in [0.5, 0.6) is 11.5 Å². The van der Waals surface area contributed by atoms with E-state index in [-0.39, 0.29) is 5.56 Å². The van der Waals surface area contributed by atoms with E-state index in [0.717, 1.165) is 11.3 Å². The first-order valence-electron chi connectivity index (χ1n) is 6.26. The van der Waals surface area contributed by atoms with Crippen molar-refractivity contribution in [3.8, 4) is 11.5 Å². The van der Waals surface area contributed by atoms with Crippen molar-refractivity contribution >= 4 is 0 Å². The lowest BCUT2D eigenvalue weighted by molar-refractivity contribution is 0.324. The number of aromatic nitrogens is 2. The van der Waals surface area contributed by atoms with Gasteiger partial charge < -0.3 is 15.2 Å². The summed E-state index contributed by atoms with van der Waals surface area (Å²) in [4.78, 5) is 12.0. The average Bonchev–Trinajstić information content (AvgIpc) is 2.48. The maximum absolute atomic E-state index is 12.0. The molecule has 0 saturated carbocycles. The standard InChI is InChI=1S/C14H17N3O3/c1-19-13-5-3-2-4-11(13)10-17-14(18)8-12(9-16-17)20-7-6-15/h2-5,8-9H,6-7,10,15H2,1H3. The van der Waals surface area contributed by atoms with Crippen LogP contribution >= 0.6 is 0 Å². The van der Waals surface area contributed by atoms with Gasteiger partial charge in [0, 0.05) is 18.2 Å². The smallest absolute Gasteiger partial charge is 0.270 e. The molecule has 0 aliphatic carbocycles. The average molecular weight is 275 g/mol. The molecular weight excluding hydrogens is 258 g/mol. The Morgan fingerprint density at radius 1 is 1.35 bits per heavy atom. The zero-order chi connectivity index (χ0) is 14.4. The van der Waals surface area contributed by atoms with Gasteiger partial charge in [-0.05, 0) is 6.07 Å². The van der Waals surface area contributed by atoms with Gasteiger partial charge in [0.15, 0.2) is 0 Å². The second-order valence-corrected chi connectivity index (χ2v) is 4.14. The van der Waals surface area contributed by atoms with Gasteiger partial charge in [0.2, 0.25) is 0 Å². The molecule has 0 amide bonds. The van der Waals surface area contributed by atoms with Crippen LogP contribution in [0, 0.1) is 0 Å². The molecule has 0 aliphatic rings. The third-order valence-electron chi connectivity index (χ3n) is 2.74. The quantitative estimate of drug-likeness (QED) is 0.836. The molecule has 20 heavy (non-hydrogen) atoms. The van der Waals surface area contributed by atoms with Gasteiger partial charge >= 0.3 is 0 Å². The molecule has 106 valence electrons.